The molecule has 2 aliphatic heterocycles. The topological polar surface area (TPSA) is 70.8 Å². The average molecular weight is 322 g/mol. The van der Waals surface area contributed by atoms with Crippen molar-refractivity contribution >= 4 is 29.5 Å². The zero-order chi connectivity index (χ0) is 15.5. The zero-order valence-corrected chi connectivity index (χ0v) is 13.0. The van der Waals surface area contributed by atoms with Gasteiger partial charge in [0.2, 0.25) is 17.7 Å². The molecular weight excluding hydrogens is 304 g/mol. The minimum Gasteiger partial charge on any atom is -0.468 e. The highest BCUT2D eigenvalue weighted by molar-refractivity contribution is 7.99. The molecule has 6 nitrogen and oxygen atoms in total. The number of hydrogen-bond acceptors (Lipinski definition) is 5. The fraction of sp³-hybridized carbons (Fsp3) is 0.533. The molecule has 118 valence electrons. The molecule has 7 heteroatoms. The Kier molecular flexibility index (Phi) is 4.52. The third-order valence-corrected chi connectivity index (χ3v) is 5.29. The van der Waals surface area contributed by atoms with Gasteiger partial charge in [0.15, 0.2) is 0 Å². The number of likely N-dealkylation sites (tertiary alicyclic amines) is 1. The molecule has 0 N–H and O–H groups in total. The molecule has 22 heavy (non-hydrogen) atoms. The molecule has 0 bridgehead atoms. The molecule has 3 amide bonds. The second-order valence-corrected chi connectivity index (χ2v) is 6.73. The van der Waals surface area contributed by atoms with Gasteiger partial charge in [-0.05, 0) is 18.6 Å². The first kappa shape index (κ1) is 15.1. The lowest BCUT2D eigenvalue weighted by Gasteiger charge is -2.23. The van der Waals surface area contributed by atoms with E-state index in [1.54, 1.807) is 22.9 Å². The van der Waals surface area contributed by atoms with Gasteiger partial charge in [-0.15, -0.1) is 11.8 Å². The van der Waals surface area contributed by atoms with Gasteiger partial charge in [-0.3, -0.25) is 19.3 Å². The Morgan fingerprint density at radius 3 is 2.73 bits per heavy atom. The molecular formula is C15H18N2O4S. The van der Waals surface area contributed by atoms with Crippen LogP contribution in [-0.4, -0.2) is 52.9 Å². The maximum absolute atomic E-state index is 12.3. The number of carbonyl (C=O) groups is 3. The van der Waals surface area contributed by atoms with Crippen LogP contribution in [0.3, 0.4) is 0 Å². The molecule has 0 radical (unpaired) electrons. The van der Waals surface area contributed by atoms with Crippen LogP contribution in [0, 0.1) is 0 Å². The quantitative estimate of drug-likeness (QED) is 0.788. The van der Waals surface area contributed by atoms with E-state index < -0.39 is 0 Å². The average Bonchev–Trinajstić information content (AvgIpc) is 3.06. The second kappa shape index (κ2) is 6.56. The first-order chi connectivity index (χ1) is 10.6. The summed E-state index contributed by atoms with van der Waals surface area (Å²) >= 11 is 1.77. The Labute approximate surface area is 132 Å². The normalized spacial score (nSPS) is 23.0. The van der Waals surface area contributed by atoms with Gasteiger partial charge in [-0.25, -0.2) is 0 Å². The maximum atomic E-state index is 12.3. The van der Waals surface area contributed by atoms with Crippen LogP contribution in [0.4, 0.5) is 0 Å². The van der Waals surface area contributed by atoms with E-state index in [1.165, 1.54) is 0 Å². The van der Waals surface area contributed by atoms with Crippen molar-refractivity contribution in [1.82, 2.24) is 9.80 Å². The van der Waals surface area contributed by atoms with Crippen molar-refractivity contribution in [2.75, 3.05) is 25.4 Å². The number of carbonyl (C=O) groups excluding carboxylic acids is 3. The summed E-state index contributed by atoms with van der Waals surface area (Å²) in [4.78, 5) is 38.4. The molecule has 2 aliphatic rings. The van der Waals surface area contributed by atoms with E-state index in [1.807, 2.05) is 12.1 Å². The van der Waals surface area contributed by atoms with Crippen molar-refractivity contribution in [3.8, 4) is 0 Å². The fourth-order valence-electron chi connectivity index (χ4n) is 2.76. The van der Waals surface area contributed by atoms with Gasteiger partial charge in [0.25, 0.3) is 0 Å². The van der Waals surface area contributed by atoms with Crippen molar-refractivity contribution in [3.05, 3.63) is 24.2 Å². The third kappa shape index (κ3) is 3.19. The number of furan rings is 1. The number of thioether (sulfide) groups is 1. The van der Waals surface area contributed by atoms with Crippen LogP contribution in [0.1, 0.15) is 30.3 Å². The highest BCUT2D eigenvalue weighted by Crippen LogP contribution is 2.34. The van der Waals surface area contributed by atoms with Gasteiger partial charge in [-0.1, -0.05) is 0 Å². The Morgan fingerprint density at radius 1 is 1.27 bits per heavy atom. The summed E-state index contributed by atoms with van der Waals surface area (Å²) in [5, 5.41) is 0.253. The Bertz CT molecular complexity index is 556. The van der Waals surface area contributed by atoms with Crippen LogP contribution >= 0.6 is 11.8 Å². The second-order valence-electron chi connectivity index (χ2n) is 5.42. The van der Waals surface area contributed by atoms with Gasteiger partial charge in [0.1, 0.15) is 12.3 Å². The lowest BCUT2D eigenvalue weighted by Crippen LogP contribution is -2.43. The molecule has 2 saturated heterocycles. The lowest BCUT2D eigenvalue weighted by molar-refractivity contribution is -0.145. The number of imide groups is 1. The highest BCUT2D eigenvalue weighted by Gasteiger charge is 2.32. The summed E-state index contributed by atoms with van der Waals surface area (Å²) < 4.78 is 5.44. The largest absolute Gasteiger partial charge is 0.468 e. The monoisotopic (exact) mass is 322 g/mol. The van der Waals surface area contributed by atoms with Crippen molar-refractivity contribution in [1.29, 1.82) is 0 Å². The zero-order valence-electron chi connectivity index (χ0n) is 12.2. The maximum Gasteiger partial charge on any atom is 0.242 e. The SMILES string of the molecule is O=C(CN1C(=O)CCC1=O)N1CCSC(c2ccco2)CC1. The molecule has 1 atom stereocenters. The Balaban J connectivity index is 1.57. The molecule has 3 heterocycles. The van der Waals surface area contributed by atoms with E-state index in [2.05, 4.69) is 0 Å². The molecule has 0 spiro atoms. The van der Waals surface area contributed by atoms with Crippen LogP contribution in [0.15, 0.2) is 22.8 Å². The van der Waals surface area contributed by atoms with E-state index in [4.69, 9.17) is 4.42 Å². The van der Waals surface area contributed by atoms with Gasteiger partial charge >= 0.3 is 0 Å². The summed E-state index contributed by atoms with van der Waals surface area (Å²) in [5.41, 5.74) is 0. The summed E-state index contributed by atoms with van der Waals surface area (Å²) in [6.45, 7) is 1.14. The summed E-state index contributed by atoms with van der Waals surface area (Å²) in [6, 6.07) is 3.82. The molecule has 0 saturated carbocycles. The molecule has 2 fully saturated rings. The van der Waals surface area contributed by atoms with Crippen LogP contribution in [-0.2, 0) is 14.4 Å². The molecule has 1 unspecified atom stereocenters. The predicted octanol–water partition coefficient (Wildman–Crippen LogP) is 1.44. The van der Waals surface area contributed by atoms with Gasteiger partial charge in [-0.2, -0.15) is 0 Å². The number of nitrogens with zero attached hydrogens (tertiary/aromatic N) is 2. The summed E-state index contributed by atoms with van der Waals surface area (Å²) in [7, 11) is 0. The molecule has 3 rings (SSSR count). The van der Waals surface area contributed by atoms with E-state index in [0.29, 0.717) is 13.1 Å². The lowest BCUT2D eigenvalue weighted by atomic mass is 10.2. The fourth-order valence-corrected chi connectivity index (χ4v) is 3.94. The summed E-state index contributed by atoms with van der Waals surface area (Å²) in [6.07, 6.45) is 2.92. The van der Waals surface area contributed by atoms with Crippen molar-refractivity contribution in [3.63, 3.8) is 0 Å². The van der Waals surface area contributed by atoms with E-state index in [-0.39, 0.29) is 42.4 Å². The smallest absolute Gasteiger partial charge is 0.242 e. The Hall–Kier alpha value is -1.76. The van der Waals surface area contributed by atoms with Crippen LogP contribution < -0.4 is 0 Å². The first-order valence-corrected chi connectivity index (χ1v) is 8.46. The summed E-state index contributed by atoms with van der Waals surface area (Å²) in [5.74, 6) is 1.12. The highest BCUT2D eigenvalue weighted by atomic mass is 32.2. The van der Waals surface area contributed by atoms with Crippen molar-refractivity contribution in [2.24, 2.45) is 0 Å². The van der Waals surface area contributed by atoms with Crippen molar-refractivity contribution in [2.45, 2.75) is 24.5 Å². The van der Waals surface area contributed by atoms with Gasteiger partial charge in [0.05, 0.1) is 11.5 Å². The number of hydrogen-bond donors (Lipinski definition) is 0. The van der Waals surface area contributed by atoms with E-state index in [0.717, 1.165) is 22.8 Å². The van der Waals surface area contributed by atoms with Gasteiger partial charge in [0, 0.05) is 31.7 Å². The van der Waals surface area contributed by atoms with Crippen LogP contribution in [0.2, 0.25) is 0 Å². The molecule has 0 aromatic carbocycles. The number of rotatable bonds is 3. The van der Waals surface area contributed by atoms with Gasteiger partial charge < -0.3 is 9.32 Å². The minimum absolute atomic E-state index is 0.117. The molecule has 0 aliphatic carbocycles. The van der Waals surface area contributed by atoms with E-state index in [9.17, 15) is 14.4 Å². The molecule has 1 aromatic heterocycles. The van der Waals surface area contributed by atoms with Crippen molar-refractivity contribution < 1.29 is 18.8 Å². The Morgan fingerprint density at radius 2 is 2.05 bits per heavy atom. The molecule has 1 aromatic rings. The third-order valence-electron chi connectivity index (χ3n) is 4.00. The minimum atomic E-state index is -0.240. The van der Waals surface area contributed by atoms with E-state index >= 15 is 0 Å². The van der Waals surface area contributed by atoms with Crippen LogP contribution in [0.25, 0.3) is 0 Å². The predicted molar refractivity (Wildman–Crippen MR) is 81.1 cm³/mol. The first-order valence-electron chi connectivity index (χ1n) is 7.41. The van der Waals surface area contributed by atoms with Crippen LogP contribution in [0.5, 0.6) is 0 Å². The standard InChI is InChI=1S/C15H18N2O4S/c18-13-3-4-14(19)17(13)10-15(20)16-6-5-12(22-9-7-16)11-2-1-8-21-11/h1-2,8,12H,3-7,9-10H2. The number of amides is 3.